The van der Waals surface area contributed by atoms with Crippen molar-refractivity contribution in [1.82, 2.24) is 5.32 Å². The van der Waals surface area contributed by atoms with Gasteiger partial charge in [0.15, 0.2) is 0 Å². The Kier molecular flexibility index (Phi) is 5.48. The smallest absolute Gasteiger partial charge is 0.263 e. The van der Waals surface area contributed by atoms with Crippen LogP contribution in [0.25, 0.3) is 0 Å². The lowest BCUT2D eigenvalue weighted by atomic mass is 9.95. The molecular formula is C16H17F2N3O. The van der Waals surface area contributed by atoms with Gasteiger partial charge in [0.05, 0.1) is 5.69 Å². The van der Waals surface area contributed by atoms with E-state index < -0.39 is 17.5 Å². The zero-order chi connectivity index (χ0) is 15.9. The first-order valence-electron chi connectivity index (χ1n) is 7.23. The second-order valence-electron chi connectivity index (χ2n) is 5.25. The fraction of sp³-hybridized carbons (Fsp3) is 0.375. The van der Waals surface area contributed by atoms with Gasteiger partial charge in [-0.3, -0.25) is 4.79 Å². The summed E-state index contributed by atoms with van der Waals surface area (Å²) in [4.78, 5) is 12.0. The number of nitriles is 1. The van der Waals surface area contributed by atoms with E-state index in [0.29, 0.717) is 0 Å². The third-order valence-electron chi connectivity index (χ3n) is 3.61. The largest absolute Gasteiger partial charge is 0.358 e. The van der Waals surface area contributed by atoms with E-state index in [1.54, 1.807) is 6.07 Å². The van der Waals surface area contributed by atoms with Crippen molar-refractivity contribution in [1.29, 1.82) is 5.26 Å². The lowest BCUT2D eigenvalue weighted by molar-refractivity contribution is -0.118. The number of hydrogen-bond acceptors (Lipinski definition) is 3. The van der Waals surface area contributed by atoms with Gasteiger partial charge in [0, 0.05) is 18.3 Å². The molecule has 0 spiro atoms. The molecule has 0 atom stereocenters. The average Bonchev–Trinajstić information content (AvgIpc) is 2.50. The van der Waals surface area contributed by atoms with E-state index in [2.05, 4.69) is 10.6 Å². The molecule has 0 heterocycles. The van der Waals surface area contributed by atoms with Gasteiger partial charge in [-0.05, 0) is 25.0 Å². The monoisotopic (exact) mass is 305 g/mol. The van der Waals surface area contributed by atoms with Gasteiger partial charge in [0.2, 0.25) is 0 Å². The molecule has 2 N–H and O–H groups in total. The van der Waals surface area contributed by atoms with Gasteiger partial charge in [0.25, 0.3) is 5.91 Å². The number of benzene rings is 1. The Morgan fingerprint density at radius 3 is 2.64 bits per heavy atom. The molecule has 0 bridgehead atoms. The van der Waals surface area contributed by atoms with Gasteiger partial charge in [-0.25, -0.2) is 8.78 Å². The van der Waals surface area contributed by atoms with E-state index in [0.717, 1.165) is 44.0 Å². The number of carbonyl (C=O) groups is 1. The Morgan fingerprint density at radius 2 is 2.00 bits per heavy atom. The quantitative estimate of drug-likeness (QED) is 0.663. The molecule has 1 aromatic rings. The van der Waals surface area contributed by atoms with Crippen LogP contribution < -0.4 is 10.6 Å². The number of nitrogens with one attached hydrogen (secondary N) is 2. The summed E-state index contributed by atoms with van der Waals surface area (Å²) < 4.78 is 26.3. The first-order chi connectivity index (χ1) is 10.6. The first-order valence-corrected chi connectivity index (χ1v) is 7.23. The minimum atomic E-state index is -0.791. The fourth-order valence-electron chi connectivity index (χ4n) is 2.42. The summed E-state index contributed by atoms with van der Waals surface area (Å²) in [6.45, 7) is 0. The van der Waals surface area contributed by atoms with Crippen LogP contribution in [0.3, 0.4) is 0 Å². The Bertz CT molecular complexity index is 616. The second-order valence-corrected chi connectivity index (χ2v) is 5.25. The topological polar surface area (TPSA) is 64.9 Å². The highest BCUT2D eigenvalue weighted by Crippen LogP contribution is 2.18. The molecule has 0 aliphatic heterocycles. The Hall–Kier alpha value is -2.42. The summed E-state index contributed by atoms with van der Waals surface area (Å²) in [6, 6.07) is 4.89. The molecule has 1 aliphatic carbocycles. The van der Waals surface area contributed by atoms with E-state index in [4.69, 9.17) is 5.26 Å². The van der Waals surface area contributed by atoms with Crippen LogP contribution in [0.1, 0.15) is 32.1 Å². The van der Waals surface area contributed by atoms with Crippen molar-refractivity contribution in [2.24, 2.45) is 0 Å². The highest BCUT2D eigenvalue weighted by Gasteiger charge is 2.18. The van der Waals surface area contributed by atoms with Crippen molar-refractivity contribution < 1.29 is 13.6 Å². The number of halogens is 2. The van der Waals surface area contributed by atoms with Crippen molar-refractivity contribution in [2.45, 2.75) is 38.1 Å². The molecule has 1 fully saturated rings. The van der Waals surface area contributed by atoms with Crippen molar-refractivity contribution in [2.75, 3.05) is 5.32 Å². The Balaban J connectivity index is 2.00. The maximum atomic E-state index is 13.5. The molecule has 2 rings (SSSR count). The lowest BCUT2D eigenvalue weighted by Crippen LogP contribution is -2.37. The fourth-order valence-corrected chi connectivity index (χ4v) is 2.42. The Labute approximate surface area is 127 Å². The Morgan fingerprint density at radius 1 is 1.27 bits per heavy atom. The van der Waals surface area contributed by atoms with Crippen molar-refractivity contribution in [3.63, 3.8) is 0 Å². The minimum absolute atomic E-state index is 0.000355. The molecule has 1 aromatic carbocycles. The third kappa shape index (κ3) is 4.29. The SMILES string of the molecule is N#C/C(=C/Nc1ccc(F)cc1F)C(=O)NC1CCCCC1. The van der Waals surface area contributed by atoms with E-state index in [-0.39, 0.29) is 17.3 Å². The second kappa shape index (κ2) is 7.55. The normalized spacial score (nSPS) is 16.0. The van der Waals surface area contributed by atoms with Crippen LogP contribution in [0.15, 0.2) is 30.0 Å². The summed E-state index contributed by atoms with van der Waals surface area (Å²) in [5.41, 5.74) is -0.145. The number of hydrogen-bond donors (Lipinski definition) is 2. The molecule has 22 heavy (non-hydrogen) atoms. The van der Waals surface area contributed by atoms with Crippen LogP contribution in [0.2, 0.25) is 0 Å². The number of anilines is 1. The zero-order valence-electron chi connectivity index (χ0n) is 12.0. The zero-order valence-corrected chi connectivity index (χ0v) is 12.0. The summed E-state index contributed by atoms with van der Waals surface area (Å²) in [6.07, 6.45) is 6.24. The van der Waals surface area contributed by atoms with Crippen molar-refractivity contribution >= 4 is 11.6 Å². The van der Waals surface area contributed by atoms with Gasteiger partial charge in [-0.1, -0.05) is 19.3 Å². The van der Waals surface area contributed by atoms with Gasteiger partial charge < -0.3 is 10.6 Å². The van der Waals surface area contributed by atoms with Gasteiger partial charge in [0.1, 0.15) is 23.3 Å². The number of amides is 1. The van der Waals surface area contributed by atoms with Crippen LogP contribution >= 0.6 is 0 Å². The highest BCUT2D eigenvalue weighted by molar-refractivity contribution is 5.97. The van der Waals surface area contributed by atoms with Crippen LogP contribution in [0, 0.1) is 23.0 Å². The summed E-state index contributed by atoms with van der Waals surface area (Å²) in [7, 11) is 0. The molecule has 0 aromatic heterocycles. The molecule has 1 aliphatic rings. The third-order valence-corrected chi connectivity index (χ3v) is 3.61. The number of rotatable bonds is 4. The minimum Gasteiger partial charge on any atom is -0.358 e. The molecule has 0 radical (unpaired) electrons. The van der Waals surface area contributed by atoms with Crippen LogP contribution in [0.4, 0.5) is 14.5 Å². The average molecular weight is 305 g/mol. The summed E-state index contributed by atoms with van der Waals surface area (Å²) >= 11 is 0. The van der Waals surface area contributed by atoms with Gasteiger partial charge >= 0.3 is 0 Å². The number of carbonyl (C=O) groups excluding carboxylic acids is 1. The predicted molar refractivity (Wildman–Crippen MR) is 78.7 cm³/mol. The predicted octanol–water partition coefficient (Wildman–Crippen LogP) is 3.23. The summed E-state index contributed by atoms with van der Waals surface area (Å²) in [5.74, 6) is -1.96. The summed E-state index contributed by atoms with van der Waals surface area (Å²) in [5, 5.41) is 14.4. The van der Waals surface area contributed by atoms with E-state index in [1.165, 1.54) is 12.5 Å². The maximum Gasteiger partial charge on any atom is 0.263 e. The molecule has 6 heteroatoms. The van der Waals surface area contributed by atoms with E-state index >= 15 is 0 Å². The molecule has 4 nitrogen and oxygen atoms in total. The highest BCUT2D eigenvalue weighted by atomic mass is 19.1. The van der Waals surface area contributed by atoms with Gasteiger partial charge in [-0.15, -0.1) is 0 Å². The maximum absolute atomic E-state index is 13.5. The molecule has 0 unspecified atom stereocenters. The van der Waals surface area contributed by atoms with E-state index in [9.17, 15) is 13.6 Å². The van der Waals surface area contributed by atoms with Crippen molar-refractivity contribution in [3.05, 3.63) is 41.6 Å². The van der Waals surface area contributed by atoms with Gasteiger partial charge in [-0.2, -0.15) is 5.26 Å². The van der Waals surface area contributed by atoms with Crippen molar-refractivity contribution in [3.8, 4) is 6.07 Å². The van der Waals surface area contributed by atoms with Crippen LogP contribution in [0.5, 0.6) is 0 Å². The van der Waals surface area contributed by atoms with Crippen LogP contribution in [-0.4, -0.2) is 11.9 Å². The van der Waals surface area contributed by atoms with Crippen LogP contribution in [-0.2, 0) is 4.79 Å². The molecule has 116 valence electrons. The van der Waals surface area contributed by atoms with E-state index in [1.807, 2.05) is 0 Å². The molecule has 1 saturated carbocycles. The lowest BCUT2D eigenvalue weighted by Gasteiger charge is -2.22. The standard InChI is InChI=1S/C16H17F2N3O/c17-12-6-7-15(14(18)8-12)20-10-11(9-19)16(22)21-13-4-2-1-3-5-13/h6-8,10,13,20H,1-5H2,(H,21,22)/b11-10-. The molecule has 0 saturated heterocycles. The first kappa shape index (κ1) is 16.0. The molecule has 1 amide bonds. The number of nitrogens with zero attached hydrogens (tertiary/aromatic N) is 1. The molecular weight excluding hydrogens is 288 g/mol.